The third-order valence-electron chi connectivity index (χ3n) is 3.01. The van der Waals surface area contributed by atoms with Crippen LogP contribution < -0.4 is 5.32 Å². The zero-order chi connectivity index (χ0) is 13.6. The highest BCUT2D eigenvalue weighted by Gasteiger charge is 2.12. The summed E-state index contributed by atoms with van der Waals surface area (Å²) in [6, 6.07) is 16.0. The quantitative estimate of drug-likeness (QED) is 0.917. The number of rotatable bonds is 3. The standard InChI is InChI=1S/C17H15N3/c1-2-7-14(8-3-1)13-15-9-6-12-19-17(15)20-16-10-4-5-11-18-16/h1-13,17H,(H,18,20). The summed E-state index contributed by atoms with van der Waals surface area (Å²) in [5.74, 6) is 0.823. The SMILES string of the molecule is C1=CC(=Cc2ccccc2)C(Nc2ccccn2)N=C1. The maximum absolute atomic E-state index is 4.47. The molecule has 0 aliphatic carbocycles. The van der Waals surface area contributed by atoms with Gasteiger partial charge in [-0.25, -0.2) is 4.98 Å². The van der Waals surface area contributed by atoms with E-state index in [0.717, 1.165) is 17.0 Å². The Labute approximate surface area is 118 Å². The van der Waals surface area contributed by atoms with E-state index in [2.05, 4.69) is 39.6 Å². The molecule has 0 saturated carbocycles. The average Bonchev–Trinajstić information content (AvgIpc) is 2.51. The Morgan fingerprint density at radius 3 is 2.65 bits per heavy atom. The van der Waals surface area contributed by atoms with Crippen molar-refractivity contribution in [2.45, 2.75) is 6.17 Å². The van der Waals surface area contributed by atoms with Gasteiger partial charge < -0.3 is 5.32 Å². The molecule has 0 radical (unpaired) electrons. The molecule has 0 bridgehead atoms. The molecule has 20 heavy (non-hydrogen) atoms. The normalized spacial score (nSPS) is 19.2. The summed E-state index contributed by atoms with van der Waals surface area (Å²) in [4.78, 5) is 8.75. The Morgan fingerprint density at radius 1 is 1.00 bits per heavy atom. The van der Waals surface area contributed by atoms with Gasteiger partial charge in [0.15, 0.2) is 0 Å². The summed E-state index contributed by atoms with van der Waals surface area (Å²) >= 11 is 0. The Kier molecular flexibility index (Phi) is 3.69. The van der Waals surface area contributed by atoms with E-state index in [9.17, 15) is 0 Å². The summed E-state index contributed by atoms with van der Waals surface area (Å²) in [5, 5.41) is 3.32. The molecule has 0 saturated heterocycles. The van der Waals surface area contributed by atoms with Gasteiger partial charge in [-0.05, 0) is 35.4 Å². The number of nitrogens with one attached hydrogen (secondary N) is 1. The van der Waals surface area contributed by atoms with Gasteiger partial charge >= 0.3 is 0 Å². The van der Waals surface area contributed by atoms with Crippen LogP contribution in [0.15, 0.2) is 77.4 Å². The van der Waals surface area contributed by atoms with Gasteiger partial charge in [-0.2, -0.15) is 0 Å². The van der Waals surface area contributed by atoms with Gasteiger partial charge in [-0.15, -0.1) is 0 Å². The molecule has 3 heteroatoms. The van der Waals surface area contributed by atoms with Crippen molar-refractivity contribution in [2.75, 3.05) is 5.32 Å². The predicted molar refractivity (Wildman–Crippen MR) is 83.7 cm³/mol. The molecule has 1 aliphatic heterocycles. The summed E-state index contributed by atoms with van der Waals surface area (Å²) < 4.78 is 0. The van der Waals surface area contributed by atoms with Gasteiger partial charge in [-0.1, -0.05) is 42.5 Å². The molecule has 0 amide bonds. The van der Waals surface area contributed by atoms with Crippen molar-refractivity contribution in [1.29, 1.82) is 0 Å². The fourth-order valence-electron chi connectivity index (χ4n) is 2.04. The van der Waals surface area contributed by atoms with Gasteiger partial charge in [0.05, 0.1) is 0 Å². The second-order valence-corrected chi connectivity index (χ2v) is 4.47. The number of hydrogen-bond acceptors (Lipinski definition) is 3. The van der Waals surface area contributed by atoms with Crippen molar-refractivity contribution in [1.82, 2.24) is 4.98 Å². The number of hydrogen-bond donors (Lipinski definition) is 1. The molecular weight excluding hydrogens is 246 g/mol. The number of aromatic nitrogens is 1. The Balaban J connectivity index is 1.84. The van der Waals surface area contributed by atoms with Crippen LogP contribution in [0.4, 0.5) is 5.82 Å². The number of nitrogens with zero attached hydrogens (tertiary/aromatic N) is 2. The molecule has 0 fully saturated rings. The van der Waals surface area contributed by atoms with Crippen LogP contribution in [0.3, 0.4) is 0 Å². The second kappa shape index (κ2) is 5.97. The lowest BCUT2D eigenvalue weighted by Crippen LogP contribution is -2.21. The van der Waals surface area contributed by atoms with Crippen molar-refractivity contribution in [2.24, 2.45) is 4.99 Å². The summed E-state index contributed by atoms with van der Waals surface area (Å²) in [5.41, 5.74) is 2.28. The first-order valence-electron chi connectivity index (χ1n) is 6.56. The van der Waals surface area contributed by atoms with Crippen LogP contribution in [0.2, 0.25) is 0 Å². The summed E-state index contributed by atoms with van der Waals surface area (Å²) in [6.45, 7) is 0. The second-order valence-electron chi connectivity index (χ2n) is 4.47. The zero-order valence-corrected chi connectivity index (χ0v) is 11.0. The molecule has 1 N–H and O–H groups in total. The lowest BCUT2D eigenvalue weighted by Gasteiger charge is -2.18. The summed E-state index contributed by atoms with van der Waals surface area (Å²) in [7, 11) is 0. The first kappa shape index (κ1) is 12.4. The van der Waals surface area contributed by atoms with E-state index in [-0.39, 0.29) is 6.17 Å². The molecule has 2 heterocycles. The van der Waals surface area contributed by atoms with Crippen LogP contribution in [0, 0.1) is 0 Å². The van der Waals surface area contributed by atoms with Gasteiger partial charge in [0.2, 0.25) is 0 Å². The largest absolute Gasteiger partial charge is 0.345 e. The first-order chi connectivity index (χ1) is 9.92. The zero-order valence-electron chi connectivity index (χ0n) is 11.0. The molecule has 1 aliphatic rings. The molecule has 1 atom stereocenters. The molecule has 1 aromatic carbocycles. The highest BCUT2D eigenvalue weighted by Crippen LogP contribution is 2.18. The van der Waals surface area contributed by atoms with E-state index in [1.807, 2.05) is 48.7 Å². The van der Waals surface area contributed by atoms with Gasteiger partial charge in [0, 0.05) is 12.4 Å². The lowest BCUT2D eigenvalue weighted by molar-refractivity contribution is 0.898. The van der Waals surface area contributed by atoms with Crippen molar-refractivity contribution in [3.05, 3.63) is 78.0 Å². The maximum atomic E-state index is 4.47. The van der Waals surface area contributed by atoms with Crippen LogP contribution in [0.25, 0.3) is 6.08 Å². The molecular formula is C17H15N3. The first-order valence-corrected chi connectivity index (χ1v) is 6.56. The van der Waals surface area contributed by atoms with E-state index < -0.39 is 0 Å². The van der Waals surface area contributed by atoms with Crippen molar-refractivity contribution in [3.63, 3.8) is 0 Å². The van der Waals surface area contributed by atoms with Crippen molar-refractivity contribution in [3.8, 4) is 0 Å². The van der Waals surface area contributed by atoms with E-state index in [1.165, 1.54) is 0 Å². The van der Waals surface area contributed by atoms with Crippen LogP contribution in [-0.4, -0.2) is 17.4 Å². The molecule has 3 nitrogen and oxygen atoms in total. The number of pyridine rings is 1. The predicted octanol–water partition coefficient (Wildman–Crippen LogP) is 3.54. The van der Waals surface area contributed by atoms with Gasteiger partial charge in [0.1, 0.15) is 12.0 Å². The number of aliphatic imine (C=N–C) groups is 1. The van der Waals surface area contributed by atoms with E-state index in [4.69, 9.17) is 0 Å². The number of allylic oxidation sites excluding steroid dienone is 1. The summed E-state index contributed by atoms with van der Waals surface area (Å²) in [6.07, 6.45) is 9.63. The van der Waals surface area contributed by atoms with Crippen molar-refractivity contribution < 1.29 is 0 Å². The highest BCUT2D eigenvalue weighted by atomic mass is 15.1. The Bertz CT molecular complexity index is 642. The number of benzene rings is 1. The molecule has 1 unspecified atom stereocenters. The Morgan fingerprint density at radius 2 is 1.85 bits per heavy atom. The average molecular weight is 261 g/mol. The topological polar surface area (TPSA) is 37.3 Å². The fraction of sp³-hybridized carbons (Fsp3) is 0.0588. The van der Waals surface area contributed by atoms with E-state index in [0.29, 0.717) is 0 Å². The molecule has 3 rings (SSSR count). The number of dihydropyridines is 1. The molecule has 1 aromatic heterocycles. The van der Waals surface area contributed by atoms with Crippen LogP contribution in [0.1, 0.15) is 5.56 Å². The minimum atomic E-state index is -0.102. The number of anilines is 1. The third-order valence-corrected chi connectivity index (χ3v) is 3.01. The smallest absolute Gasteiger partial charge is 0.145 e. The minimum Gasteiger partial charge on any atom is -0.345 e. The van der Waals surface area contributed by atoms with Crippen molar-refractivity contribution >= 4 is 18.1 Å². The lowest BCUT2D eigenvalue weighted by atomic mass is 10.1. The van der Waals surface area contributed by atoms with Crippen LogP contribution in [0.5, 0.6) is 0 Å². The van der Waals surface area contributed by atoms with Gasteiger partial charge in [0.25, 0.3) is 0 Å². The van der Waals surface area contributed by atoms with E-state index >= 15 is 0 Å². The molecule has 0 spiro atoms. The Hall–Kier alpha value is -2.68. The van der Waals surface area contributed by atoms with Crippen LogP contribution in [-0.2, 0) is 0 Å². The van der Waals surface area contributed by atoms with Crippen LogP contribution >= 0.6 is 0 Å². The highest BCUT2D eigenvalue weighted by molar-refractivity contribution is 5.77. The van der Waals surface area contributed by atoms with Gasteiger partial charge in [-0.3, -0.25) is 4.99 Å². The molecule has 2 aromatic rings. The monoisotopic (exact) mass is 261 g/mol. The fourth-order valence-corrected chi connectivity index (χ4v) is 2.04. The third kappa shape index (κ3) is 3.01. The minimum absolute atomic E-state index is 0.102. The maximum Gasteiger partial charge on any atom is 0.145 e. The molecule has 98 valence electrons. The van der Waals surface area contributed by atoms with E-state index in [1.54, 1.807) is 6.20 Å².